The number of fused-ring (bicyclic) bond motifs is 3. The zero-order chi connectivity index (χ0) is 21.5. The topological polar surface area (TPSA) is 0 Å². The third-order valence-electron chi connectivity index (χ3n) is 6.63. The van der Waals surface area contributed by atoms with Crippen LogP contribution in [0.5, 0.6) is 0 Å². The molecule has 0 aliphatic heterocycles. The van der Waals surface area contributed by atoms with Gasteiger partial charge in [-0.3, -0.25) is 0 Å². The van der Waals surface area contributed by atoms with Gasteiger partial charge in [-0.1, -0.05) is 125 Å². The zero-order valence-corrected chi connectivity index (χ0v) is 19.1. The molecule has 5 aromatic carbocycles. The Hall–Kier alpha value is -3.42. The number of benzene rings is 5. The van der Waals surface area contributed by atoms with Gasteiger partial charge in [-0.15, -0.1) is 0 Å². The second-order valence-electron chi connectivity index (χ2n) is 8.29. The summed E-state index contributed by atoms with van der Waals surface area (Å²) >= 11 is 3.56. The molecule has 1 aliphatic rings. The van der Waals surface area contributed by atoms with Gasteiger partial charge in [-0.25, -0.2) is 0 Å². The molecular formula is C31H21Br. The van der Waals surface area contributed by atoms with E-state index in [0.717, 1.165) is 4.47 Å². The summed E-state index contributed by atoms with van der Waals surface area (Å²) in [5.41, 5.74) is 10.0. The molecule has 6 rings (SSSR count). The van der Waals surface area contributed by atoms with E-state index in [2.05, 4.69) is 143 Å². The first-order valence-corrected chi connectivity index (χ1v) is 11.7. The lowest BCUT2D eigenvalue weighted by Gasteiger charge is -2.34. The van der Waals surface area contributed by atoms with E-state index in [4.69, 9.17) is 0 Å². The monoisotopic (exact) mass is 472 g/mol. The minimum atomic E-state index is -0.347. The third-order valence-corrected chi connectivity index (χ3v) is 7.16. The van der Waals surface area contributed by atoms with E-state index in [1.54, 1.807) is 0 Å². The first-order valence-electron chi connectivity index (χ1n) is 10.9. The van der Waals surface area contributed by atoms with Crippen molar-refractivity contribution in [1.29, 1.82) is 0 Å². The first-order chi connectivity index (χ1) is 15.8. The van der Waals surface area contributed by atoms with Crippen LogP contribution in [0.2, 0.25) is 0 Å². The molecule has 1 heteroatoms. The molecule has 0 saturated carbocycles. The maximum Gasteiger partial charge on any atom is 0.0713 e. The molecule has 0 radical (unpaired) electrons. The molecular weight excluding hydrogens is 452 g/mol. The molecule has 0 bridgehead atoms. The molecule has 0 heterocycles. The van der Waals surface area contributed by atoms with Crippen molar-refractivity contribution >= 4 is 15.9 Å². The van der Waals surface area contributed by atoms with Crippen LogP contribution in [0.1, 0.15) is 22.3 Å². The van der Waals surface area contributed by atoms with Crippen molar-refractivity contribution in [3.63, 3.8) is 0 Å². The van der Waals surface area contributed by atoms with E-state index in [1.165, 1.54) is 44.5 Å². The van der Waals surface area contributed by atoms with E-state index in [0.29, 0.717) is 0 Å². The SMILES string of the molecule is Brc1ccc(-c2cccc(C3(c4ccccc4)c4ccccc4-c4ccccc43)c2)cc1. The van der Waals surface area contributed by atoms with Crippen molar-refractivity contribution in [2.24, 2.45) is 0 Å². The summed E-state index contributed by atoms with van der Waals surface area (Å²) in [5, 5.41) is 0. The number of hydrogen-bond donors (Lipinski definition) is 0. The van der Waals surface area contributed by atoms with Crippen LogP contribution in [0.3, 0.4) is 0 Å². The second-order valence-corrected chi connectivity index (χ2v) is 9.21. The molecule has 5 aromatic rings. The first kappa shape index (κ1) is 19.3. The molecule has 0 aromatic heterocycles. The number of hydrogen-bond acceptors (Lipinski definition) is 0. The molecule has 0 atom stereocenters. The summed E-state index contributed by atoms with van der Waals surface area (Å²) in [6.07, 6.45) is 0. The standard InChI is InChI=1S/C31H21Br/c32-26-19-17-22(18-20-26)23-9-8-12-25(21-23)31(24-10-2-1-3-11-24)29-15-6-4-13-27(29)28-14-5-7-16-30(28)31/h1-21H. The van der Waals surface area contributed by atoms with E-state index < -0.39 is 0 Å². The molecule has 0 amide bonds. The summed E-state index contributed by atoms with van der Waals surface area (Å²) in [5.74, 6) is 0. The van der Waals surface area contributed by atoms with Crippen molar-refractivity contribution in [2.75, 3.05) is 0 Å². The molecule has 0 unspecified atom stereocenters. The van der Waals surface area contributed by atoms with Crippen molar-refractivity contribution in [3.8, 4) is 22.3 Å². The minimum absolute atomic E-state index is 0.347. The van der Waals surface area contributed by atoms with Crippen LogP contribution in [0.4, 0.5) is 0 Å². The summed E-state index contributed by atoms with van der Waals surface area (Å²) < 4.78 is 1.09. The van der Waals surface area contributed by atoms with Crippen molar-refractivity contribution in [1.82, 2.24) is 0 Å². The lowest BCUT2D eigenvalue weighted by molar-refractivity contribution is 0.769. The Kier molecular flexibility index (Phi) is 4.59. The molecule has 0 saturated heterocycles. The minimum Gasteiger partial charge on any atom is -0.0622 e. The van der Waals surface area contributed by atoms with Crippen LogP contribution in [0, 0.1) is 0 Å². The van der Waals surface area contributed by atoms with Crippen LogP contribution in [-0.4, -0.2) is 0 Å². The Balaban J connectivity index is 1.69. The van der Waals surface area contributed by atoms with Crippen LogP contribution < -0.4 is 0 Å². The van der Waals surface area contributed by atoms with Crippen LogP contribution >= 0.6 is 15.9 Å². The van der Waals surface area contributed by atoms with Crippen molar-refractivity contribution in [2.45, 2.75) is 5.41 Å². The Morgan fingerprint density at radius 3 is 1.66 bits per heavy atom. The maximum atomic E-state index is 3.56. The predicted molar refractivity (Wildman–Crippen MR) is 137 cm³/mol. The van der Waals surface area contributed by atoms with Gasteiger partial charge in [0.25, 0.3) is 0 Å². The van der Waals surface area contributed by atoms with Gasteiger partial charge in [0, 0.05) is 4.47 Å². The van der Waals surface area contributed by atoms with E-state index in [-0.39, 0.29) is 5.41 Å². The van der Waals surface area contributed by atoms with Crippen LogP contribution in [0.15, 0.2) is 132 Å². The smallest absolute Gasteiger partial charge is 0.0622 e. The quantitative estimate of drug-likeness (QED) is 0.242. The van der Waals surface area contributed by atoms with Crippen LogP contribution in [-0.2, 0) is 5.41 Å². The lowest BCUT2D eigenvalue weighted by Crippen LogP contribution is -2.28. The summed E-state index contributed by atoms with van der Waals surface area (Å²) in [7, 11) is 0. The van der Waals surface area contributed by atoms with Crippen molar-refractivity contribution < 1.29 is 0 Å². The fraction of sp³-hybridized carbons (Fsp3) is 0.0323. The van der Waals surface area contributed by atoms with Gasteiger partial charge in [-0.2, -0.15) is 0 Å². The predicted octanol–water partition coefficient (Wildman–Crippen LogP) is 8.48. The molecule has 0 fully saturated rings. The normalized spacial score (nSPS) is 13.4. The zero-order valence-electron chi connectivity index (χ0n) is 17.5. The Labute approximate surface area is 197 Å². The average molecular weight is 473 g/mol. The second kappa shape index (κ2) is 7.62. The number of rotatable bonds is 3. The molecule has 152 valence electrons. The highest BCUT2D eigenvalue weighted by molar-refractivity contribution is 9.10. The van der Waals surface area contributed by atoms with E-state index in [9.17, 15) is 0 Å². The average Bonchev–Trinajstić information content (AvgIpc) is 3.17. The fourth-order valence-corrected chi connectivity index (χ4v) is 5.55. The van der Waals surface area contributed by atoms with Gasteiger partial charge in [0.15, 0.2) is 0 Å². The highest BCUT2D eigenvalue weighted by Crippen LogP contribution is 2.56. The summed E-state index contributed by atoms with van der Waals surface area (Å²) in [6, 6.07) is 46.3. The Morgan fingerprint density at radius 1 is 0.438 bits per heavy atom. The van der Waals surface area contributed by atoms with Gasteiger partial charge < -0.3 is 0 Å². The lowest BCUT2D eigenvalue weighted by atomic mass is 9.67. The van der Waals surface area contributed by atoms with Gasteiger partial charge in [0.2, 0.25) is 0 Å². The maximum absolute atomic E-state index is 3.56. The largest absolute Gasteiger partial charge is 0.0713 e. The Morgan fingerprint density at radius 2 is 1.00 bits per heavy atom. The fourth-order valence-electron chi connectivity index (χ4n) is 5.29. The van der Waals surface area contributed by atoms with Gasteiger partial charge in [0.05, 0.1) is 5.41 Å². The Bertz CT molecular complexity index is 1370. The molecule has 0 nitrogen and oxygen atoms in total. The molecule has 0 N–H and O–H groups in total. The van der Waals surface area contributed by atoms with Gasteiger partial charge in [-0.05, 0) is 62.7 Å². The van der Waals surface area contributed by atoms with Crippen LogP contribution in [0.25, 0.3) is 22.3 Å². The van der Waals surface area contributed by atoms with E-state index >= 15 is 0 Å². The van der Waals surface area contributed by atoms with Crippen molar-refractivity contribution in [3.05, 3.63) is 154 Å². The highest BCUT2D eigenvalue weighted by atomic mass is 79.9. The van der Waals surface area contributed by atoms with Gasteiger partial charge >= 0.3 is 0 Å². The molecule has 32 heavy (non-hydrogen) atoms. The molecule has 0 spiro atoms. The summed E-state index contributed by atoms with van der Waals surface area (Å²) in [6.45, 7) is 0. The number of halogens is 1. The highest BCUT2D eigenvalue weighted by Gasteiger charge is 2.45. The van der Waals surface area contributed by atoms with E-state index in [1.807, 2.05) is 0 Å². The third kappa shape index (κ3) is 2.82. The molecule has 1 aliphatic carbocycles. The summed E-state index contributed by atoms with van der Waals surface area (Å²) in [4.78, 5) is 0. The van der Waals surface area contributed by atoms with Gasteiger partial charge in [0.1, 0.15) is 0 Å².